The van der Waals surface area contributed by atoms with Crippen LogP contribution in [0.15, 0.2) is 12.2 Å². The first kappa shape index (κ1) is 11.2. The molecule has 0 radical (unpaired) electrons. The van der Waals surface area contributed by atoms with Crippen molar-refractivity contribution in [3.05, 3.63) is 12.2 Å². The van der Waals surface area contributed by atoms with Crippen LogP contribution in [0.1, 0.15) is 39.0 Å². The van der Waals surface area contributed by atoms with Crippen molar-refractivity contribution in [2.45, 2.75) is 39.0 Å². The molecule has 0 bridgehead atoms. The Morgan fingerprint density at radius 3 is 2.67 bits per heavy atom. The van der Waals surface area contributed by atoms with E-state index in [-0.39, 0.29) is 0 Å². The average Bonchev–Trinajstić information content (AvgIpc) is 2.10. The molecule has 0 aliphatic heterocycles. The molecule has 0 amide bonds. The topological polar surface area (TPSA) is 26.3 Å². The molecule has 0 aliphatic carbocycles. The lowest BCUT2D eigenvalue weighted by molar-refractivity contribution is -0.128. The summed E-state index contributed by atoms with van der Waals surface area (Å²) in [5.41, 5.74) is 0. The van der Waals surface area contributed by atoms with Crippen LogP contribution in [0, 0.1) is 0 Å². The monoisotopic (exact) mass is 170 g/mol. The van der Waals surface area contributed by atoms with Crippen molar-refractivity contribution in [2.75, 3.05) is 6.61 Å². The van der Waals surface area contributed by atoms with Gasteiger partial charge in [0.1, 0.15) is 0 Å². The van der Waals surface area contributed by atoms with Crippen LogP contribution in [-0.2, 0) is 9.53 Å². The highest BCUT2D eigenvalue weighted by Crippen LogP contribution is 2.00. The van der Waals surface area contributed by atoms with E-state index in [1.54, 1.807) is 0 Å². The fraction of sp³-hybridized carbons (Fsp3) is 0.700. The standard InChI is InChI=1S/C10H18O2/c1-2-3-4-5-6-7-8-9-12-10-11/h3-4,10H,2,5-9H2,1H3/b4-3+. The number of ether oxygens (including phenoxy) is 1. The van der Waals surface area contributed by atoms with Crippen molar-refractivity contribution in [3.8, 4) is 0 Å². The molecule has 0 N–H and O–H groups in total. The van der Waals surface area contributed by atoms with Crippen LogP contribution in [-0.4, -0.2) is 13.1 Å². The van der Waals surface area contributed by atoms with Gasteiger partial charge in [0.25, 0.3) is 6.47 Å². The minimum absolute atomic E-state index is 0.511. The van der Waals surface area contributed by atoms with Gasteiger partial charge in [-0.2, -0.15) is 0 Å². The minimum atomic E-state index is 0.511. The molecule has 0 aromatic rings. The Kier molecular flexibility index (Phi) is 9.54. The molecular formula is C10H18O2. The van der Waals surface area contributed by atoms with Gasteiger partial charge >= 0.3 is 0 Å². The van der Waals surface area contributed by atoms with Crippen LogP contribution < -0.4 is 0 Å². The smallest absolute Gasteiger partial charge is 0.293 e. The second-order valence-corrected chi connectivity index (χ2v) is 2.70. The second-order valence-electron chi connectivity index (χ2n) is 2.70. The predicted octanol–water partition coefficient (Wildman–Crippen LogP) is 2.69. The van der Waals surface area contributed by atoms with Crippen molar-refractivity contribution in [1.29, 1.82) is 0 Å². The normalized spacial score (nSPS) is 10.4. The summed E-state index contributed by atoms with van der Waals surface area (Å²) in [6, 6.07) is 0. The lowest BCUT2D eigenvalue weighted by Crippen LogP contribution is -1.90. The van der Waals surface area contributed by atoms with E-state index in [0.29, 0.717) is 13.1 Å². The van der Waals surface area contributed by atoms with E-state index in [1.807, 2.05) is 0 Å². The number of hydrogen-bond donors (Lipinski definition) is 0. The number of unbranched alkanes of at least 4 members (excludes halogenated alkanes) is 3. The molecule has 12 heavy (non-hydrogen) atoms. The summed E-state index contributed by atoms with van der Waals surface area (Å²) in [4.78, 5) is 9.75. The van der Waals surface area contributed by atoms with Gasteiger partial charge < -0.3 is 4.74 Å². The number of allylic oxidation sites excluding steroid dienone is 2. The van der Waals surface area contributed by atoms with E-state index in [0.717, 1.165) is 25.7 Å². The highest BCUT2D eigenvalue weighted by molar-refractivity contribution is 5.36. The summed E-state index contributed by atoms with van der Waals surface area (Å²) in [7, 11) is 0. The molecule has 0 heterocycles. The van der Waals surface area contributed by atoms with E-state index in [1.165, 1.54) is 6.42 Å². The van der Waals surface area contributed by atoms with Gasteiger partial charge in [0.15, 0.2) is 0 Å². The largest absolute Gasteiger partial charge is 0.468 e. The van der Waals surface area contributed by atoms with Crippen molar-refractivity contribution < 1.29 is 9.53 Å². The fourth-order valence-electron chi connectivity index (χ4n) is 0.957. The van der Waals surface area contributed by atoms with Gasteiger partial charge in [-0.25, -0.2) is 0 Å². The van der Waals surface area contributed by atoms with Crippen molar-refractivity contribution in [3.63, 3.8) is 0 Å². The number of hydrogen-bond acceptors (Lipinski definition) is 2. The zero-order valence-corrected chi connectivity index (χ0v) is 7.79. The quantitative estimate of drug-likeness (QED) is 0.318. The molecule has 2 heteroatoms. The van der Waals surface area contributed by atoms with E-state index in [4.69, 9.17) is 0 Å². The molecule has 0 rings (SSSR count). The summed E-state index contributed by atoms with van der Waals surface area (Å²) in [5.74, 6) is 0. The molecule has 0 aromatic carbocycles. The molecule has 70 valence electrons. The molecule has 0 aliphatic rings. The number of carbonyl (C=O) groups is 1. The maximum atomic E-state index is 9.75. The van der Waals surface area contributed by atoms with Gasteiger partial charge in [0.2, 0.25) is 0 Å². The maximum Gasteiger partial charge on any atom is 0.293 e. The van der Waals surface area contributed by atoms with Crippen LogP contribution >= 0.6 is 0 Å². The fourth-order valence-corrected chi connectivity index (χ4v) is 0.957. The molecule has 0 saturated heterocycles. The molecule has 0 unspecified atom stereocenters. The predicted molar refractivity (Wildman–Crippen MR) is 49.9 cm³/mol. The lowest BCUT2D eigenvalue weighted by atomic mass is 10.2. The Labute approximate surface area is 74.6 Å². The van der Waals surface area contributed by atoms with Gasteiger partial charge in [0.05, 0.1) is 6.61 Å². The van der Waals surface area contributed by atoms with Gasteiger partial charge in [-0.3, -0.25) is 4.79 Å². The van der Waals surface area contributed by atoms with Crippen molar-refractivity contribution >= 4 is 6.47 Å². The maximum absolute atomic E-state index is 9.75. The van der Waals surface area contributed by atoms with Crippen molar-refractivity contribution in [2.24, 2.45) is 0 Å². The van der Waals surface area contributed by atoms with Crippen LogP contribution in [0.25, 0.3) is 0 Å². The van der Waals surface area contributed by atoms with E-state index in [2.05, 4.69) is 23.8 Å². The lowest BCUT2D eigenvalue weighted by Gasteiger charge is -1.96. The molecule has 2 nitrogen and oxygen atoms in total. The first-order valence-corrected chi connectivity index (χ1v) is 4.62. The Morgan fingerprint density at radius 1 is 1.17 bits per heavy atom. The van der Waals surface area contributed by atoms with Crippen LogP contribution in [0.5, 0.6) is 0 Å². The zero-order chi connectivity index (χ0) is 9.07. The first-order chi connectivity index (χ1) is 5.91. The van der Waals surface area contributed by atoms with Crippen LogP contribution in [0.3, 0.4) is 0 Å². The molecule has 0 fully saturated rings. The summed E-state index contributed by atoms with van der Waals surface area (Å²) < 4.78 is 4.56. The number of rotatable bonds is 8. The number of carbonyl (C=O) groups excluding carboxylic acids is 1. The first-order valence-electron chi connectivity index (χ1n) is 4.62. The molecule has 0 spiro atoms. The molecule has 0 atom stereocenters. The minimum Gasteiger partial charge on any atom is -0.468 e. The van der Waals surface area contributed by atoms with Crippen LogP contribution in [0.2, 0.25) is 0 Å². The van der Waals surface area contributed by atoms with E-state index >= 15 is 0 Å². The highest BCUT2D eigenvalue weighted by atomic mass is 16.5. The van der Waals surface area contributed by atoms with Crippen molar-refractivity contribution in [1.82, 2.24) is 0 Å². The van der Waals surface area contributed by atoms with Gasteiger partial charge in [-0.15, -0.1) is 0 Å². The summed E-state index contributed by atoms with van der Waals surface area (Å²) in [6.45, 7) is 3.21. The third-order valence-electron chi connectivity index (χ3n) is 1.60. The molecule has 0 aromatic heterocycles. The summed E-state index contributed by atoms with van der Waals surface area (Å²) >= 11 is 0. The highest BCUT2D eigenvalue weighted by Gasteiger charge is 1.87. The Morgan fingerprint density at radius 2 is 2.00 bits per heavy atom. The van der Waals surface area contributed by atoms with E-state index < -0.39 is 0 Å². The van der Waals surface area contributed by atoms with Gasteiger partial charge in [-0.1, -0.05) is 19.1 Å². The Balaban J connectivity index is 2.90. The Hall–Kier alpha value is -0.790. The SMILES string of the molecule is CC/C=C/CCCCCOC=O. The van der Waals surface area contributed by atoms with Gasteiger partial charge in [0, 0.05) is 0 Å². The second kappa shape index (κ2) is 10.2. The van der Waals surface area contributed by atoms with Crippen LogP contribution in [0.4, 0.5) is 0 Å². The molecular weight excluding hydrogens is 152 g/mol. The third-order valence-corrected chi connectivity index (χ3v) is 1.60. The molecule has 0 saturated carbocycles. The summed E-state index contributed by atoms with van der Waals surface area (Å²) in [6.07, 6.45) is 9.98. The average molecular weight is 170 g/mol. The third kappa shape index (κ3) is 9.21. The Bertz CT molecular complexity index is 119. The van der Waals surface area contributed by atoms with Gasteiger partial charge in [-0.05, 0) is 32.1 Å². The summed E-state index contributed by atoms with van der Waals surface area (Å²) in [5, 5.41) is 0. The van der Waals surface area contributed by atoms with E-state index in [9.17, 15) is 4.79 Å². The zero-order valence-electron chi connectivity index (χ0n) is 7.79.